The van der Waals surface area contributed by atoms with Crippen molar-refractivity contribution in [3.05, 3.63) is 0 Å². The van der Waals surface area contributed by atoms with Crippen LogP contribution in [0.1, 0.15) is 33.1 Å². The van der Waals surface area contributed by atoms with Gasteiger partial charge in [0.2, 0.25) is 0 Å². The predicted octanol–water partition coefficient (Wildman–Crippen LogP) is 3.41. The summed E-state index contributed by atoms with van der Waals surface area (Å²) in [5.41, 5.74) is 0. The Balaban J connectivity index is 2.15. The Kier molecular flexibility index (Phi) is 5.60. The fourth-order valence-electron chi connectivity index (χ4n) is 1.80. The van der Waals surface area contributed by atoms with Gasteiger partial charge in [0.25, 0.3) is 0 Å². The second-order valence-corrected chi connectivity index (χ2v) is 5.62. The first kappa shape index (κ1) is 11.7. The molecule has 0 radical (unpaired) electrons. The van der Waals surface area contributed by atoms with Gasteiger partial charge in [-0.2, -0.15) is 0 Å². The number of thiol groups is 1. The zero-order valence-electron chi connectivity index (χ0n) is 8.53. The Hall–Kier alpha value is 0.660. The van der Waals surface area contributed by atoms with Crippen LogP contribution < -0.4 is 0 Å². The molecule has 3 heteroatoms. The highest BCUT2D eigenvalue weighted by atomic mass is 33.1. The van der Waals surface area contributed by atoms with Gasteiger partial charge in [0, 0.05) is 12.4 Å². The lowest BCUT2D eigenvalue weighted by Gasteiger charge is -2.31. The fourth-order valence-corrected chi connectivity index (χ4v) is 2.55. The van der Waals surface area contributed by atoms with Gasteiger partial charge >= 0.3 is 0 Å². The predicted molar refractivity (Wildman–Crippen MR) is 63.4 cm³/mol. The molecule has 0 amide bonds. The zero-order valence-corrected chi connectivity index (χ0v) is 10.2. The lowest BCUT2D eigenvalue weighted by atomic mass is 9.92. The Morgan fingerprint density at radius 2 is 2.23 bits per heavy atom. The van der Waals surface area contributed by atoms with E-state index in [1.165, 1.54) is 19.3 Å². The van der Waals surface area contributed by atoms with Crippen LogP contribution in [0.25, 0.3) is 0 Å². The lowest BCUT2D eigenvalue weighted by Crippen LogP contribution is -2.29. The average molecular weight is 220 g/mol. The molecule has 0 bridgehead atoms. The summed E-state index contributed by atoms with van der Waals surface area (Å²) in [7, 11) is 1.64. The number of hydrogen-bond donors (Lipinski definition) is 1. The second-order valence-electron chi connectivity index (χ2n) is 4.18. The zero-order chi connectivity index (χ0) is 9.68. The fraction of sp³-hybridized carbons (Fsp3) is 1.00. The summed E-state index contributed by atoms with van der Waals surface area (Å²) in [5.74, 6) is 2.62. The largest absolute Gasteiger partial charge is 0.378 e. The van der Waals surface area contributed by atoms with Crippen LogP contribution in [0.3, 0.4) is 0 Å². The molecule has 1 heterocycles. The molecule has 1 fully saturated rings. The lowest BCUT2D eigenvalue weighted by molar-refractivity contribution is -0.0398. The van der Waals surface area contributed by atoms with E-state index in [1.54, 1.807) is 10.8 Å². The highest BCUT2D eigenvalue weighted by Crippen LogP contribution is 2.26. The summed E-state index contributed by atoms with van der Waals surface area (Å²) < 4.78 is 5.81. The second kappa shape index (κ2) is 6.20. The van der Waals surface area contributed by atoms with Crippen molar-refractivity contribution in [2.24, 2.45) is 11.8 Å². The van der Waals surface area contributed by atoms with E-state index in [-0.39, 0.29) is 0 Å². The van der Waals surface area contributed by atoms with E-state index in [0.717, 1.165) is 18.3 Å². The molecule has 0 aliphatic carbocycles. The third-order valence-corrected chi connectivity index (χ3v) is 3.73. The van der Waals surface area contributed by atoms with Crippen LogP contribution in [0.15, 0.2) is 0 Å². The normalized spacial score (nSPS) is 29.5. The van der Waals surface area contributed by atoms with E-state index in [0.29, 0.717) is 12.0 Å². The molecular weight excluding hydrogens is 200 g/mol. The van der Waals surface area contributed by atoms with Crippen molar-refractivity contribution in [2.75, 3.05) is 12.4 Å². The van der Waals surface area contributed by atoms with E-state index in [9.17, 15) is 0 Å². The van der Waals surface area contributed by atoms with Gasteiger partial charge in [0.1, 0.15) is 0 Å². The summed E-state index contributed by atoms with van der Waals surface area (Å²) in [6.45, 7) is 5.46. The van der Waals surface area contributed by atoms with Crippen molar-refractivity contribution in [3.8, 4) is 0 Å². The number of ether oxygens (including phenoxy) is 1. The van der Waals surface area contributed by atoms with Gasteiger partial charge in [-0.15, -0.1) is 11.7 Å². The van der Waals surface area contributed by atoms with E-state index >= 15 is 0 Å². The van der Waals surface area contributed by atoms with E-state index < -0.39 is 0 Å². The third kappa shape index (κ3) is 4.13. The Morgan fingerprint density at radius 1 is 1.46 bits per heavy atom. The molecule has 0 aromatic heterocycles. The highest BCUT2D eigenvalue weighted by molar-refractivity contribution is 8.68. The molecule has 1 saturated heterocycles. The molecular formula is C10H20OS2. The van der Waals surface area contributed by atoms with Crippen molar-refractivity contribution >= 4 is 22.5 Å². The van der Waals surface area contributed by atoms with Crippen molar-refractivity contribution in [2.45, 2.75) is 39.2 Å². The third-order valence-electron chi connectivity index (χ3n) is 2.77. The first-order chi connectivity index (χ1) is 6.24. The standard InChI is InChI=1S/C10H20OS2/c1-8(2)10-4-3-9(7-11-10)5-6-13-12/h8-10,12H,3-7H2,1-2H3. The number of hydrogen-bond acceptors (Lipinski definition) is 3. The molecule has 2 atom stereocenters. The molecule has 1 aliphatic heterocycles. The molecule has 0 N–H and O–H groups in total. The van der Waals surface area contributed by atoms with Crippen molar-refractivity contribution < 1.29 is 4.74 Å². The molecule has 13 heavy (non-hydrogen) atoms. The summed E-state index contributed by atoms with van der Waals surface area (Å²) in [4.78, 5) is 0. The maximum atomic E-state index is 5.81. The van der Waals surface area contributed by atoms with Crippen LogP contribution in [0.5, 0.6) is 0 Å². The molecule has 0 saturated carbocycles. The van der Waals surface area contributed by atoms with Crippen LogP contribution >= 0.6 is 22.5 Å². The molecule has 78 valence electrons. The molecule has 1 aliphatic rings. The van der Waals surface area contributed by atoms with Crippen LogP contribution in [0.2, 0.25) is 0 Å². The van der Waals surface area contributed by atoms with Gasteiger partial charge in [-0.1, -0.05) is 24.6 Å². The smallest absolute Gasteiger partial charge is 0.0598 e. The quantitative estimate of drug-likeness (QED) is 0.574. The summed E-state index contributed by atoms with van der Waals surface area (Å²) in [5, 5.41) is 0. The minimum atomic E-state index is 0.514. The van der Waals surface area contributed by atoms with Gasteiger partial charge in [-0.3, -0.25) is 0 Å². The Morgan fingerprint density at radius 3 is 2.69 bits per heavy atom. The van der Waals surface area contributed by atoms with Gasteiger partial charge in [0.05, 0.1) is 6.10 Å². The average Bonchev–Trinajstić information content (AvgIpc) is 2.15. The van der Waals surface area contributed by atoms with Gasteiger partial charge < -0.3 is 4.74 Å². The van der Waals surface area contributed by atoms with Gasteiger partial charge in [0.15, 0.2) is 0 Å². The molecule has 0 aromatic carbocycles. The van der Waals surface area contributed by atoms with Crippen molar-refractivity contribution in [3.63, 3.8) is 0 Å². The number of rotatable bonds is 4. The topological polar surface area (TPSA) is 9.23 Å². The Labute approximate surface area is 90.8 Å². The van der Waals surface area contributed by atoms with Crippen LogP contribution in [-0.2, 0) is 4.74 Å². The van der Waals surface area contributed by atoms with Crippen molar-refractivity contribution in [1.29, 1.82) is 0 Å². The first-order valence-corrected chi connectivity index (χ1v) is 7.15. The minimum absolute atomic E-state index is 0.514. The van der Waals surface area contributed by atoms with E-state index in [1.807, 2.05) is 0 Å². The maximum Gasteiger partial charge on any atom is 0.0598 e. The summed E-state index contributed by atoms with van der Waals surface area (Å²) in [6.07, 6.45) is 4.37. The first-order valence-electron chi connectivity index (χ1n) is 5.12. The monoisotopic (exact) mass is 220 g/mol. The molecule has 0 spiro atoms. The van der Waals surface area contributed by atoms with Crippen LogP contribution in [0, 0.1) is 11.8 Å². The molecule has 1 rings (SSSR count). The van der Waals surface area contributed by atoms with Gasteiger partial charge in [-0.25, -0.2) is 0 Å². The highest BCUT2D eigenvalue weighted by Gasteiger charge is 2.23. The summed E-state index contributed by atoms with van der Waals surface area (Å²) in [6, 6.07) is 0. The van der Waals surface area contributed by atoms with Crippen LogP contribution in [-0.4, -0.2) is 18.5 Å². The van der Waals surface area contributed by atoms with Gasteiger partial charge in [-0.05, 0) is 31.1 Å². The van der Waals surface area contributed by atoms with E-state index in [2.05, 4.69) is 25.5 Å². The SMILES string of the molecule is CC(C)C1CCC(CCSS)CO1. The molecule has 2 unspecified atom stereocenters. The molecule has 0 aromatic rings. The van der Waals surface area contributed by atoms with E-state index in [4.69, 9.17) is 4.74 Å². The van der Waals surface area contributed by atoms with Crippen LogP contribution in [0.4, 0.5) is 0 Å². The summed E-state index contributed by atoms with van der Waals surface area (Å²) >= 11 is 4.15. The maximum absolute atomic E-state index is 5.81. The molecule has 1 nitrogen and oxygen atoms in total. The van der Waals surface area contributed by atoms with Crippen molar-refractivity contribution in [1.82, 2.24) is 0 Å². The Bertz CT molecular complexity index is 131. The minimum Gasteiger partial charge on any atom is -0.378 e.